The molecule has 1 aromatic rings. The monoisotopic (exact) mass is 290 g/mol. The first-order chi connectivity index (χ1) is 10.3. The van der Waals surface area contributed by atoms with Crippen LogP contribution >= 0.6 is 0 Å². The van der Waals surface area contributed by atoms with E-state index in [4.69, 9.17) is 9.47 Å². The largest absolute Gasteiger partial charge is 0.356 e. The minimum absolute atomic E-state index is 0.318. The predicted molar refractivity (Wildman–Crippen MR) is 79.6 cm³/mol. The van der Waals surface area contributed by atoms with Crippen molar-refractivity contribution in [3.05, 3.63) is 12.4 Å². The molecule has 4 rings (SSSR count). The Kier molecular flexibility index (Phi) is 3.43. The van der Waals surface area contributed by atoms with Crippen LogP contribution in [0.4, 0.5) is 11.6 Å². The van der Waals surface area contributed by atoms with Crippen LogP contribution in [0.25, 0.3) is 0 Å². The molecule has 0 saturated carbocycles. The second-order valence-electron chi connectivity index (χ2n) is 6.02. The van der Waals surface area contributed by atoms with Gasteiger partial charge in [-0.3, -0.25) is 0 Å². The van der Waals surface area contributed by atoms with E-state index in [-0.39, 0.29) is 5.79 Å². The Hall–Kier alpha value is -1.40. The Labute approximate surface area is 125 Å². The number of rotatable bonds is 2. The summed E-state index contributed by atoms with van der Waals surface area (Å²) in [5.41, 5.74) is 0. The van der Waals surface area contributed by atoms with Gasteiger partial charge >= 0.3 is 0 Å². The standard InChI is InChI=1S/C15H22N4O2/c1-2-6-18(5-1)13-11-14(17-12-16-13)19-7-3-15(4-8-19)20-9-10-21-15/h11-12H,1-10H2. The number of anilines is 2. The highest BCUT2D eigenvalue weighted by Gasteiger charge is 2.40. The summed E-state index contributed by atoms with van der Waals surface area (Å²) >= 11 is 0. The molecular formula is C15H22N4O2. The van der Waals surface area contributed by atoms with Crippen LogP contribution in [0.5, 0.6) is 0 Å². The van der Waals surface area contributed by atoms with Crippen LogP contribution < -0.4 is 9.80 Å². The van der Waals surface area contributed by atoms with E-state index < -0.39 is 0 Å². The lowest BCUT2D eigenvalue weighted by Crippen LogP contribution is -2.45. The summed E-state index contributed by atoms with van der Waals surface area (Å²) < 4.78 is 11.6. The normalized spacial score (nSPS) is 25.0. The van der Waals surface area contributed by atoms with E-state index in [0.717, 1.165) is 63.9 Å². The first kappa shape index (κ1) is 13.3. The maximum absolute atomic E-state index is 5.78. The third-order valence-corrected chi connectivity index (χ3v) is 4.73. The lowest BCUT2D eigenvalue weighted by atomic mass is 10.0. The van der Waals surface area contributed by atoms with Crippen LogP contribution in [-0.2, 0) is 9.47 Å². The van der Waals surface area contributed by atoms with E-state index >= 15 is 0 Å². The van der Waals surface area contributed by atoms with Crippen LogP contribution in [0.3, 0.4) is 0 Å². The van der Waals surface area contributed by atoms with E-state index in [1.807, 2.05) is 0 Å². The van der Waals surface area contributed by atoms with E-state index in [2.05, 4.69) is 25.8 Å². The molecule has 1 spiro atoms. The molecule has 3 aliphatic heterocycles. The summed E-state index contributed by atoms with van der Waals surface area (Å²) in [5, 5.41) is 0. The minimum Gasteiger partial charge on any atom is -0.356 e. The molecule has 0 radical (unpaired) electrons. The molecule has 0 aromatic carbocycles. The van der Waals surface area contributed by atoms with Gasteiger partial charge in [-0.05, 0) is 12.8 Å². The average molecular weight is 290 g/mol. The van der Waals surface area contributed by atoms with Crippen LogP contribution in [0.2, 0.25) is 0 Å². The van der Waals surface area contributed by atoms with Gasteiger partial charge in [-0.2, -0.15) is 0 Å². The second kappa shape index (κ2) is 5.42. The molecule has 6 heteroatoms. The Morgan fingerprint density at radius 2 is 1.43 bits per heavy atom. The zero-order valence-electron chi connectivity index (χ0n) is 12.3. The molecule has 1 aromatic heterocycles. The van der Waals surface area contributed by atoms with Gasteiger partial charge in [0.15, 0.2) is 5.79 Å². The van der Waals surface area contributed by atoms with Gasteiger partial charge < -0.3 is 19.3 Å². The molecule has 0 N–H and O–H groups in total. The highest BCUT2D eigenvalue weighted by molar-refractivity contribution is 5.50. The van der Waals surface area contributed by atoms with E-state index in [1.54, 1.807) is 6.33 Å². The Morgan fingerprint density at radius 3 is 2.05 bits per heavy atom. The molecule has 3 aliphatic rings. The van der Waals surface area contributed by atoms with Crippen molar-refractivity contribution in [1.29, 1.82) is 0 Å². The SMILES string of the molecule is c1nc(N2CCCC2)cc(N2CCC3(CC2)OCCO3)n1. The maximum Gasteiger partial charge on any atom is 0.171 e. The number of ether oxygens (including phenoxy) is 2. The Bertz CT molecular complexity index is 488. The number of hydrogen-bond acceptors (Lipinski definition) is 6. The fourth-order valence-electron chi connectivity index (χ4n) is 3.49. The van der Waals surface area contributed by atoms with Crippen LogP contribution in [0.1, 0.15) is 25.7 Å². The molecule has 0 bridgehead atoms. The third-order valence-electron chi connectivity index (χ3n) is 4.73. The van der Waals surface area contributed by atoms with Crippen molar-refractivity contribution in [2.45, 2.75) is 31.5 Å². The van der Waals surface area contributed by atoms with Gasteiger partial charge in [-0.25, -0.2) is 9.97 Å². The molecule has 0 unspecified atom stereocenters. The third kappa shape index (κ3) is 2.58. The van der Waals surface area contributed by atoms with E-state index in [1.165, 1.54) is 12.8 Å². The second-order valence-corrected chi connectivity index (χ2v) is 6.02. The smallest absolute Gasteiger partial charge is 0.171 e. The lowest BCUT2D eigenvalue weighted by molar-refractivity contribution is -0.169. The Balaban J connectivity index is 1.45. The summed E-state index contributed by atoms with van der Waals surface area (Å²) in [6.07, 6.45) is 6.04. The number of hydrogen-bond donors (Lipinski definition) is 0. The molecule has 4 heterocycles. The van der Waals surface area contributed by atoms with Gasteiger partial charge in [-0.15, -0.1) is 0 Å². The zero-order chi connectivity index (χ0) is 14.1. The number of piperidine rings is 1. The van der Waals surface area contributed by atoms with Gasteiger partial charge in [0.1, 0.15) is 18.0 Å². The van der Waals surface area contributed by atoms with Crippen molar-refractivity contribution in [2.75, 3.05) is 49.2 Å². The van der Waals surface area contributed by atoms with Gasteiger partial charge in [0.2, 0.25) is 0 Å². The average Bonchev–Trinajstić information content (AvgIpc) is 3.20. The zero-order valence-corrected chi connectivity index (χ0v) is 12.3. The first-order valence-corrected chi connectivity index (χ1v) is 7.95. The summed E-state index contributed by atoms with van der Waals surface area (Å²) in [4.78, 5) is 13.5. The summed E-state index contributed by atoms with van der Waals surface area (Å²) in [6.45, 7) is 5.54. The molecule has 114 valence electrons. The molecule has 0 amide bonds. The van der Waals surface area contributed by atoms with Gasteiger partial charge in [-0.1, -0.05) is 0 Å². The van der Waals surface area contributed by atoms with Crippen molar-refractivity contribution in [3.8, 4) is 0 Å². The van der Waals surface area contributed by atoms with E-state index in [9.17, 15) is 0 Å². The van der Waals surface area contributed by atoms with Crippen LogP contribution in [0.15, 0.2) is 12.4 Å². The van der Waals surface area contributed by atoms with Crippen LogP contribution in [-0.4, -0.2) is 55.1 Å². The quantitative estimate of drug-likeness (QED) is 0.821. The molecule has 0 aliphatic carbocycles. The lowest BCUT2D eigenvalue weighted by Gasteiger charge is -2.38. The maximum atomic E-state index is 5.78. The fraction of sp³-hybridized carbons (Fsp3) is 0.733. The van der Waals surface area contributed by atoms with E-state index in [0.29, 0.717) is 0 Å². The number of aromatic nitrogens is 2. The highest BCUT2D eigenvalue weighted by Crippen LogP contribution is 2.33. The molecule has 21 heavy (non-hydrogen) atoms. The topological polar surface area (TPSA) is 50.7 Å². The minimum atomic E-state index is -0.318. The molecular weight excluding hydrogens is 268 g/mol. The molecule has 3 fully saturated rings. The van der Waals surface area contributed by atoms with Crippen molar-refractivity contribution in [3.63, 3.8) is 0 Å². The highest BCUT2D eigenvalue weighted by atomic mass is 16.7. The Morgan fingerprint density at radius 1 is 0.857 bits per heavy atom. The van der Waals surface area contributed by atoms with Gasteiger partial charge in [0.25, 0.3) is 0 Å². The van der Waals surface area contributed by atoms with Crippen LogP contribution in [0, 0.1) is 0 Å². The molecule has 3 saturated heterocycles. The van der Waals surface area contributed by atoms with Crippen molar-refractivity contribution >= 4 is 11.6 Å². The van der Waals surface area contributed by atoms with Crippen molar-refractivity contribution in [1.82, 2.24) is 9.97 Å². The summed E-state index contributed by atoms with van der Waals surface area (Å²) in [5.74, 6) is 1.77. The summed E-state index contributed by atoms with van der Waals surface area (Å²) in [6, 6.07) is 2.12. The summed E-state index contributed by atoms with van der Waals surface area (Å²) in [7, 11) is 0. The molecule has 6 nitrogen and oxygen atoms in total. The fourth-order valence-corrected chi connectivity index (χ4v) is 3.49. The van der Waals surface area contributed by atoms with Gasteiger partial charge in [0.05, 0.1) is 13.2 Å². The van der Waals surface area contributed by atoms with Crippen molar-refractivity contribution < 1.29 is 9.47 Å². The first-order valence-electron chi connectivity index (χ1n) is 7.95. The number of nitrogens with zero attached hydrogens (tertiary/aromatic N) is 4. The predicted octanol–water partition coefficient (Wildman–Crippen LogP) is 1.42. The van der Waals surface area contributed by atoms with Gasteiger partial charge in [0, 0.05) is 45.1 Å². The van der Waals surface area contributed by atoms with Crippen molar-refractivity contribution in [2.24, 2.45) is 0 Å². The molecule has 0 atom stereocenters.